The Labute approximate surface area is 182 Å². The van der Waals surface area contributed by atoms with Crippen molar-refractivity contribution >= 4 is 35.0 Å². The van der Waals surface area contributed by atoms with Crippen molar-refractivity contribution in [1.82, 2.24) is 0 Å². The highest BCUT2D eigenvalue weighted by Gasteiger charge is 2.36. The fourth-order valence-electron chi connectivity index (χ4n) is 3.19. The normalized spacial score (nSPS) is 16.1. The molecule has 0 saturated carbocycles. The zero-order chi connectivity index (χ0) is 23.6. The number of carbonyl (C=O) groups excluding carboxylic acids is 3. The summed E-state index contributed by atoms with van der Waals surface area (Å²) in [4.78, 5) is 38.2. The first-order chi connectivity index (χ1) is 14.9. The number of amides is 3. The number of anilines is 3. The smallest absolute Gasteiger partial charge is 0.412 e. The maximum absolute atomic E-state index is 14.1. The Hall–Kier alpha value is -3.56. The summed E-state index contributed by atoms with van der Waals surface area (Å²) < 4.78 is 46.1. The average molecular weight is 449 g/mol. The third-order valence-electron chi connectivity index (χ3n) is 4.57. The molecule has 1 atom stereocenters. The van der Waals surface area contributed by atoms with E-state index in [1.165, 1.54) is 6.07 Å². The zero-order valence-electron chi connectivity index (χ0n) is 17.7. The van der Waals surface area contributed by atoms with Crippen LogP contribution in [0.1, 0.15) is 27.2 Å². The molecule has 1 aliphatic heterocycles. The summed E-state index contributed by atoms with van der Waals surface area (Å²) in [6.45, 7) is 4.88. The molecule has 2 aromatic rings. The van der Waals surface area contributed by atoms with E-state index in [0.29, 0.717) is 6.07 Å². The van der Waals surface area contributed by atoms with Gasteiger partial charge in [0.2, 0.25) is 11.8 Å². The average Bonchev–Trinajstić information content (AvgIpc) is 3.04. The number of benzene rings is 2. The van der Waals surface area contributed by atoms with Gasteiger partial charge in [-0.3, -0.25) is 14.9 Å². The van der Waals surface area contributed by atoms with Gasteiger partial charge in [0.05, 0.1) is 23.0 Å². The SMILES string of the molecule is CC(C)(C)OC(=O)Nc1ccc(F)cc1NC(=O)C1CC(=O)N(c2ccc(F)cc2F)C1. The van der Waals surface area contributed by atoms with Crippen LogP contribution in [0, 0.1) is 23.4 Å². The molecule has 0 aromatic heterocycles. The van der Waals surface area contributed by atoms with Crippen LogP contribution < -0.4 is 15.5 Å². The van der Waals surface area contributed by atoms with Crippen LogP contribution in [0.15, 0.2) is 36.4 Å². The number of hydrogen-bond acceptors (Lipinski definition) is 4. The first-order valence-corrected chi connectivity index (χ1v) is 9.79. The second-order valence-electron chi connectivity index (χ2n) is 8.31. The monoisotopic (exact) mass is 449 g/mol. The van der Waals surface area contributed by atoms with E-state index < -0.39 is 46.9 Å². The van der Waals surface area contributed by atoms with Crippen molar-refractivity contribution in [3.63, 3.8) is 0 Å². The van der Waals surface area contributed by atoms with Crippen molar-refractivity contribution < 1.29 is 32.3 Å². The minimum atomic E-state index is -0.923. The van der Waals surface area contributed by atoms with Crippen LogP contribution in [0.3, 0.4) is 0 Å². The molecule has 1 unspecified atom stereocenters. The number of nitrogens with one attached hydrogen (secondary N) is 2. The van der Waals surface area contributed by atoms with E-state index in [9.17, 15) is 27.6 Å². The second kappa shape index (κ2) is 8.89. The summed E-state index contributed by atoms with van der Waals surface area (Å²) in [5, 5.41) is 4.94. The van der Waals surface area contributed by atoms with Crippen LogP contribution in [0.25, 0.3) is 0 Å². The molecule has 0 aliphatic carbocycles. The van der Waals surface area contributed by atoms with E-state index in [2.05, 4.69) is 10.6 Å². The van der Waals surface area contributed by atoms with Crippen molar-refractivity contribution in [3.05, 3.63) is 53.8 Å². The minimum Gasteiger partial charge on any atom is -0.444 e. The first-order valence-electron chi connectivity index (χ1n) is 9.79. The highest BCUT2D eigenvalue weighted by molar-refractivity contribution is 6.05. The summed E-state index contributed by atoms with van der Waals surface area (Å²) in [6.07, 6.45) is -1.01. The molecule has 0 radical (unpaired) electrons. The van der Waals surface area contributed by atoms with Gasteiger partial charge < -0.3 is 15.0 Å². The molecule has 0 bridgehead atoms. The quantitative estimate of drug-likeness (QED) is 0.722. The Kier molecular flexibility index (Phi) is 6.42. The van der Waals surface area contributed by atoms with E-state index in [1.807, 2.05) is 0 Å². The topological polar surface area (TPSA) is 87.7 Å². The molecule has 3 rings (SSSR count). The van der Waals surface area contributed by atoms with Gasteiger partial charge in [-0.25, -0.2) is 18.0 Å². The molecule has 1 aliphatic rings. The van der Waals surface area contributed by atoms with E-state index >= 15 is 0 Å². The third kappa shape index (κ3) is 5.57. The van der Waals surface area contributed by atoms with Crippen molar-refractivity contribution in [2.45, 2.75) is 32.8 Å². The molecule has 2 N–H and O–H groups in total. The lowest BCUT2D eigenvalue weighted by Crippen LogP contribution is -2.29. The van der Waals surface area contributed by atoms with Crippen LogP contribution >= 0.6 is 0 Å². The van der Waals surface area contributed by atoms with Crippen LogP contribution in [0.5, 0.6) is 0 Å². The van der Waals surface area contributed by atoms with Gasteiger partial charge in [0.1, 0.15) is 23.1 Å². The lowest BCUT2D eigenvalue weighted by molar-refractivity contribution is -0.122. The number of rotatable bonds is 4. The fraction of sp³-hybridized carbons (Fsp3) is 0.318. The van der Waals surface area contributed by atoms with E-state index in [1.54, 1.807) is 20.8 Å². The lowest BCUT2D eigenvalue weighted by atomic mass is 10.1. The molecule has 0 spiro atoms. The van der Waals surface area contributed by atoms with Gasteiger partial charge in [-0.05, 0) is 51.1 Å². The maximum Gasteiger partial charge on any atom is 0.412 e. The number of carbonyl (C=O) groups is 3. The Morgan fingerprint density at radius 3 is 2.31 bits per heavy atom. The Morgan fingerprint density at radius 2 is 1.66 bits per heavy atom. The Morgan fingerprint density at radius 1 is 1.00 bits per heavy atom. The Bertz CT molecular complexity index is 1070. The first kappa shape index (κ1) is 23.1. The summed E-state index contributed by atoms with van der Waals surface area (Å²) >= 11 is 0. The predicted octanol–water partition coefficient (Wildman–Crippen LogP) is 4.44. The maximum atomic E-state index is 14.1. The number of hydrogen-bond donors (Lipinski definition) is 2. The van der Waals surface area contributed by atoms with Crippen molar-refractivity contribution in [1.29, 1.82) is 0 Å². The highest BCUT2D eigenvalue weighted by Crippen LogP contribution is 2.30. The van der Waals surface area contributed by atoms with Crippen LogP contribution in [0.4, 0.5) is 35.0 Å². The molecule has 1 fully saturated rings. The number of ether oxygens (including phenoxy) is 1. The number of nitrogens with zero attached hydrogens (tertiary/aromatic N) is 1. The minimum absolute atomic E-state index is 0.0280. The summed E-state index contributed by atoms with van der Waals surface area (Å²) in [5.41, 5.74) is -0.833. The molecule has 2 aromatic carbocycles. The fourth-order valence-corrected chi connectivity index (χ4v) is 3.19. The standard InChI is InChI=1S/C22H22F3N3O4/c1-22(2,3)32-21(31)27-16-6-4-14(24)10-17(16)26-20(30)12-8-19(29)28(11-12)18-7-5-13(23)9-15(18)25/h4-7,9-10,12H,8,11H2,1-3H3,(H,26,30)(H,27,31). The summed E-state index contributed by atoms with van der Waals surface area (Å²) in [5.74, 6) is -4.38. The van der Waals surface area contributed by atoms with Crippen molar-refractivity contribution in [2.75, 3.05) is 22.1 Å². The van der Waals surface area contributed by atoms with Gasteiger partial charge in [0.15, 0.2) is 0 Å². The van der Waals surface area contributed by atoms with Crippen molar-refractivity contribution in [2.24, 2.45) is 5.92 Å². The molecule has 1 saturated heterocycles. The van der Waals surface area contributed by atoms with E-state index in [-0.39, 0.29) is 30.0 Å². The van der Waals surface area contributed by atoms with Gasteiger partial charge in [-0.2, -0.15) is 0 Å². The van der Waals surface area contributed by atoms with Crippen LogP contribution in [0.2, 0.25) is 0 Å². The highest BCUT2D eigenvalue weighted by atomic mass is 19.1. The van der Waals surface area contributed by atoms with Gasteiger partial charge >= 0.3 is 6.09 Å². The molecule has 170 valence electrons. The Balaban J connectivity index is 1.74. The zero-order valence-corrected chi connectivity index (χ0v) is 17.7. The summed E-state index contributed by atoms with van der Waals surface area (Å²) in [6, 6.07) is 6.16. The van der Waals surface area contributed by atoms with Gasteiger partial charge in [0.25, 0.3) is 0 Å². The summed E-state index contributed by atoms with van der Waals surface area (Å²) in [7, 11) is 0. The molecule has 3 amide bonds. The van der Waals surface area contributed by atoms with Crippen LogP contribution in [-0.4, -0.2) is 30.1 Å². The number of halogens is 3. The lowest BCUT2D eigenvalue weighted by Gasteiger charge is -2.21. The second-order valence-corrected chi connectivity index (χ2v) is 8.31. The third-order valence-corrected chi connectivity index (χ3v) is 4.57. The van der Waals surface area contributed by atoms with Gasteiger partial charge in [0, 0.05) is 19.0 Å². The van der Waals surface area contributed by atoms with Gasteiger partial charge in [-0.1, -0.05) is 0 Å². The molecule has 10 heteroatoms. The largest absolute Gasteiger partial charge is 0.444 e. The molecule has 7 nitrogen and oxygen atoms in total. The van der Waals surface area contributed by atoms with E-state index in [4.69, 9.17) is 4.74 Å². The van der Waals surface area contributed by atoms with Crippen molar-refractivity contribution in [3.8, 4) is 0 Å². The molecular weight excluding hydrogens is 427 g/mol. The molecule has 32 heavy (non-hydrogen) atoms. The van der Waals surface area contributed by atoms with Gasteiger partial charge in [-0.15, -0.1) is 0 Å². The van der Waals surface area contributed by atoms with Crippen LogP contribution in [-0.2, 0) is 14.3 Å². The molecule has 1 heterocycles. The van der Waals surface area contributed by atoms with E-state index in [0.717, 1.165) is 29.2 Å². The predicted molar refractivity (Wildman–Crippen MR) is 112 cm³/mol. The molecular formula is C22H22F3N3O4.